The van der Waals surface area contributed by atoms with Crippen LogP contribution in [0.5, 0.6) is 0 Å². The predicted molar refractivity (Wildman–Crippen MR) is 48.4 cm³/mol. The third-order valence-electron chi connectivity index (χ3n) is 0. The number of aliphatic hydroxyl groups excluding tert-OH is 4. The maximum absolute atomic E-state index is 8.24. The Kier molecular flexibility index (Phi) is 407. The van der Waals surface area contributed by atoms with Gasteiger partial charge in [0.05, 0.1) is 0 Å². The molecule has 11 heteroatoms. The topological polar surface area (TPSA) is 181 Å². The van der Waals surface area contributed by atoms with E-state index < -0.39 is 0 Å². The van der Waals surface area contributed by atoms with Gasteiger partial charge >= 0.3 is 75.5 Å². The maximum atomic E-state index is 8.24. The van der Waals surface area contributed by atoms with Crippen LogP contribution in [0.15, 0.2) is 0 Å². The average Bonchev–Trinajstić information content (AvgIpc) is 1.92. The van der Waals surface area contributed by atoms with Gasteiger partial charge < -0.3 is 45.1 Å². The second kappa shape index (κ2) is 135. The van der Waals surface area contributed by atoms with E-state index in [1.165, 1.54) is 0 Å². The Bertz CT molecular complexity index is 74.1. The summed E-state index contributed by atoms with van der Waals surface area (Å²) in [5.74, 6) is 0. The van der Waals surface area contributed by atoms with Crippen molar-refractivity contribution in [2.45, 2.75) is 0 Å². The third kappa shape index (κ3) is 17000. The Morgan fingerprint density at radius 3 is 0.533 bits per heavy atom. The monoisotopic (exact) mass is 278 g/mol. The summed E-state index contributed by atoms with van der Waals surface area (Å²) < 4.78 is 0. The van der Waals surface area contributed by atoms with Crippen LogP contribution in [0.25, 0.3) is 0 Å². The molecule has 15 heavy (non-hydrogen) atoms. The van der Waals surface area contributed by atoms with E-state index in [-0.39, 0.29) is 81.0 Å². The second-order valence-corrected chi connectivity index (χ2v) is 0.365. The zero-order valence-corrected chi connectivity index (χ0v) is 11.8. The van der Waals surface area contributed by atoms with Crippen LogP contribution in [-0.2, 0) is 19.2 Å². The van der Waals surface area contributed by atoms with Gasteiger partial charge in [-0.1, -0.05) is 25.9 Å². The van der Waals surface area contributed by atoms with Gasteiger partial charge in [-0.05, 0) is 0 Å². The van der Waals surface area contributed by atoms with Gasteiger partial charge in [-0.3, -0.25) is 0 Å². The first-order valence-corrected chi connectivity index (χ1v) is 1.71. The van der Waals surface area contributed by atoms with Crippen molar-refractivity contribution in [1.29, 1.82) is 0 Å². The summed E-state index contributed by atoms with van der Waals surface area (Å²) in [6.45, 7) is 2.00. The minimum atomic E-state index is 0. The minimum Gasteiger partial charge on any atom is -0.665 e. The molecule has 0 bridgehead atoms. The van der Waals surface area contributed by atoms with Gasteiger partial charge in [-0.2, -0.15) is 0 Å². The van der Waals surface area contributed by atoms with Gasteiger partial charge in [0.2, 0.25) is 0 Å². The summed E-state index contributed by atoms with van der Waals surface area (Å²) in [5, 5.41) is 27.1. The third-order valence-corrected chi connectivity index (χ3v) is 0. The first kappa shape index (κ1) is 45.3. The van der Waals surface area contributed by atoms with E-state index in [0.29, 0.717) is 25.9 Å². The zero-order valence-electron chi connectivity index (χ0n) is 7.34. The van der Waals surface area contributed by atoms with E-state index in [2.05, 4.69) is 0 Å². The summed E-state index contributed by atoms with van der Waals surface area (Å²) in [7, 11) is 0. The average molecular weight is 278 g/mol. The molecule has 0 amide bonds. The van der Waals surface area contributed by atoms with E-state index >= 15 is 0 Å². The molecule has 0 aromatic heterocycles. The molecule has 0 saturated carbocycles. The quantitative estimate of drug-likeness (QED) is 0.265. The number of hydrogen-bond donors (Lipinski definition) is 4. The van der Waals surface area contributed by atoms with Gasteiger partial charge in [0, 0.05) is 0 Å². The van der Waals surface area contributed by atoms with Crippen molar-refractivity contribution in [2.24, 2.45) is 0 Å². The summed E-state index contributed by atoms with van der Waals surface area (Å²) in [5.41, 5.74) is 0. The standard InChI is InChI=1S/4CHO2.2Ca.H2O/c4*2-1-3;;;/h4*(H,2,3);;;1H2/q4*-1;2*+2;. The summed E-state index contributed by atoms with van der Waals surface area (Å²) in [6, 6.07) is 0. The van der Waals surface area contributed by atoms with Crippen molar-refractivity contribution in [2.75, 3.05) is 0 Å². The molecular formula is C4H6Ca2O9. The normalized spacial score (nSPS) is 3.20. The van der Waals surface area contributed by atoms with Crippen LogP contribution in [0.4, 0.5) is 0 Å². The molecule has 0 radical (unpaired) electrons. The second-order valence-electron chi connectivity index (χ2n) is 0.365. The van der Waals surface area contributed by atoms with Crippen molar-refractivity contribution >= 4 is 101 Å². The maximum Gasteiger partial charge on any atom is 2.00 e. The first-order chi connectivity index (χ1) is 5.66. The van der Waals surface area contributed by atoms with Crippen LogP contribution >= 0.6 is 0 Å². The van der Waals surface area contributed by atoms with Crippen molar-refractivity contribution in [3.8, 4) is 0 Å². The minimum absolute atomic E-state index is 0. The smallest absolute Gasteiger partial charge is 0.665 e. The van der Waals surface area contributed by atoms with E-state index in [9.17, 15) is 0 Å². The Morgan fingerprint density at radius 1 is 0.533 bits per heavy atom. The molecule has 0 fully saturated rings. The van der Waals surface area contributed by atoms with Crippen LogP contribution in [-0.4, -0.2) is 127 Å². The van der Waals surface area contributed by atoms with Gasteiger partial charge in [0.1, 0.15) is 0 Å². The Labute approximate surface area is 144 Å². The summed E-state index contributed by atoms with van der Waals surface area (Å²) in [4.78, 5) is 32.9. The molecule has 6 N–H and O–H groups in total. The van der Waals surface area contributed by atoms with E-state index in [1.54, 1.807) is 0 Å². The molecule has 0 aliphatic carbocycles. The fraction of sp³-hybridized carbons (Fsp3) is 0. The van der Waals surface area contributed by atoms with Gasteiger partial charge in [-0.25, -0.2) is 0 Å². The molecule has 80 valence electrons. The Hall–Kier alpha value is 0.359. The summed E-state index contributed by atoms with van der Waals surface area (Å²) in [6.07, 6.45) is 0. The van der Waals surface area contributed by atoms with Gasteiger partial charge in [-0.15, -0.1) is 0 Å². The largest absolute Gasteiger partial charge is 2.00 e. The van der Waals surface area contributed by atoms with E-state index in [0.717, 1.165) is 0 Å². The fourth-order valence-corrected chi connectivity index (χ4v) is 0. The molecule has 0 atom stereocenters. The van der Waals surface area contributed by atoms with Crippen molar-refractivity contribution < 1.29 is 45.1 Å². The van der Waals surface area contributed by atoms with E-state index in [1.807, 2.05) is 0 Å². The van der Waals surface area contributed by atoms with Crippen LogP contribution < -0.4 is 0 Å². The molecule has 0 rings (SSSR count). The number of hydrogen-bond acceptors (Lipinski definition) is 4. The SMILES string of the molecule is O.O=[C-]O.O=[C-]O.O=[C-]O.O=[C-]O.[Ca+2].[Ca+2]. The summed E-state index contributed by atoms with van der Waals surface area (Å²) >= 11 is 0. The van der Waals surface area contributed by atoms with Crippen molar-refractivity contribution in [3.63, 3.8) is 0 Å². The van der Waals surface area contributed by atoms with Crippen molar-refractivity contribution in [1.82, 2.24) is 0 Å². The molecule has 0 aliphatic rings. The Morgan fingerprint density at radius 2 is 0.533 bits per heavy atom. The molecule has 0 unspecified atom stereocenters. The van der Waals surface area contributed by atoms with Crippen LogP contribution in [0.1, 0.15) is 0 Å². The molecule has 0 aromatic rings. The van der Waals surface area contributed by atoms with Crippen LogP contribution in [0, 0.1) is 0 Å². The van der Waals surface area contributed by atoms with Gasteiger partial charge in [0.15, 0.2) is 0 Å². The molecule has 0 saturated heterocycles. The molecule has 9 nitrogen and oxygen atoms in total. The molecular weight excluding hydrogens is 272 g/mol. The van der Waals surface area contributed by atoms with E-state index in [4.69, 9.17) is 39.6 Å². The Balaban J connectivity index is -0.0000000107. The zero-order chi connectivity index (χ0) is 10.8. The van der Waals surface area contributed by atoms with Crippen LogP contribution in [0.3, 0.4) is 0 Å². The first-order valence-electron chi connectivity index (χ1n) is 1.71. The van der Waals surface area contributed by atoms with Crippen molar-refractivity contribution in [3.05, 3.63) is 0 Å². The molecule has 0 aliphatic heterocycles. The van der Waals surface area contributed by atoms with Gasteiger partial charge in [0.25, 0.3) is 0 Å². The number of rotatable bonds is 0. The fourth-order valence-electron chi connectivity index (χ4n) is 0. The molecule has 0 spiro atoms. The molecule has 0 heterocycles. The van der Waals surface area contributed by atoms with Crippen LogP contribution in [0.2, 0.25) is 0 Å². The molecule has 0 aromatic carbocycles. The predicted octanol–water partition coefficient (Wildman–Crippen LogP) is -3.14.